The number of benzene rings is 2. The van der Waals surface area contributed by atoms with Crippen molar-refractivity contribution in [2.24, 2.45) is 0 Å². The molecule has 0 unspecified atom stereocenters. The highest BCUT2D eigenvalue weighted by molar-refractivity contribution is 7.99. The van der Waals surface area contributed by atoms with Gasteiger partial charge in [-0.15, -0.1) is 11.8 Å². The molecule has 2 nitrogen and oxygen atoms in total. The maximum Gasteiger partial charge on any atom is 0.232 e. The Morgan fingerprint density at radius 1 is 1.00 bits per heavy atom. The Bertz CT molecular complexity index is 566. The Labute approximate surface area is 124 Å². The third-order valence-electron chi connectivity index (χ3n) is 3.08. The van der Waals surface area contributed by atoms with Gasteiger partial charge in [-0.1, -0.05) is 54.6 Å². The molecule has 0 saturated carbocycles. The molecule has 2 aromatic carbocycles. The Kier molecular flexibility index (Phi) is 5.24. The molecule has 0 spiro atoms. The van der Waals surface area contributed by atoms with E-state index in [2.05, 4.69) is 48.5 Å². The van der Waals surface area contributed by atoms with E-state index < -0.39 is 0 Å². The number of thioether (sulfide) groups is 1. The smallest absolute Gasteiger partial charge is 0.232 e. The second kappa shape index (κ2) is 7.15. The highest BCUT2D eigenvalue weighted by atomic mass is 32.2. The van der Waals surface area contributed by atoms with E-state index in [0.717, 1.165) is 5.75 Å². The number of carbonyl (C=O) groups is 1. The highest BCUT2D eigenvalue weighted by Gasteiger charge is 2.07. The molecule has 104 valence electrons. The molecule has 0 N–H and O–H groups in total. The van der Waals surface area contributed by atoms with Gasteiger partial charge in [0.15, 0.2) is 0 Å². The van der Waals surface area contributed by atoms with E-state index in [9.17, 15) is 4.79 Å². The summed E-state index contributed by atoms with van der Waals surface area (Å²) in [6.07, 6.45) is 0. The van der Waals surface area contributed by atoms with Crippen LogP contribution in [-0.4, -0.2) is 30.7 Å². The molecule has 2 rings (SSSR count). The standard InChI is InChI=1S/C17H19NOS/c1-18(2)17(19)13-20-12-15-10-6-7-11-16(15)14-8-4-3-5-9-14/h3-11H,12-13H2,1-2H3. The summed E-state index contributed by atoms with van der Waals surface area (Å²) in [5.41, 5.74) is 3.75. The van der Waals surface area contributed by atoms with Gasteiger partial charge in [0.05, 0.1) is 5.75 Å². The zero-order chi connectivity index (χ0) is 14.4. The minimum absolute atomic E-state index is 0.159. The summed E-state index contributed by atoms with van der Waals surface area (Å²) in [6, 6.07) is 18.7. The Morgan fingerprint density at radius 2 is 1.65 bits per heavy atom. The molecule has 1 amide bonds. The quantitative estimate of drug-likeness (QED) is 0.835. The SMILES string of the molecule is CN(C)C(=O)CSCc1ccccc1-c1ccccc1. The third kappa shape index (κ3) is 3.87. The van der Waals surface area contributed by atoms with Crippen molar-refractivity contribution in [3.63, 3.8) is 0 Å². The van der Waals surface area contributed by atoms with Gasteiger partial charge in [0.25, 0.3) is 0 Å². The molecule has 0 aliphatic rings. The highest BCUT2D eigenvalue weighted by Crippen LogP contribution is 2.26. The predicted octanol–water partition coefficient (Wildman–Crippen LogP) is 3.68. The largest absolute Gasteiger partial charge is 0.348 e. The molecule has 3 heteroatoms. The van der Waals surface area contributed by atoms with E-state index in [1.54, 1.807) is 30.8 Å². The van der Waals surface area contributed by atoms with E-state index in [1.165, 1.54) is 16.7 Å². The first-order valence-corrected chi connectivity index (χ1v) is 7.75. The van der Waals surface area contributed by atoms with Gasteiger partial charge in [0.2, 0.25) is 5.91 Å². The fraction of sp³-hybridized carbons (Fsp3) is 0.235. The number of hydrogen-bond acceptors (Lipinski definition) is 2. The average Bonchev–Trinajstić information content (AvgIpc) is 2.48. The molecular weight excluding hydrogens is 266 g/mol. The van der Waals surface area contributed by atoms with Crippen LogP contribution in [0.5, 0.6) is 0 Å². The van der Waals surface area contributed by atoms with Crippen molar-refractivity contribution < 1.29 is 4.79 Å². The maximum absolute atomic E-state index is 11.6. The van der Waals surface area contributed by atoms with Crippen molar-refractivity contribution in [2.75, 3.05) is 19.8 Å². The van der Waals surface area contributed by atoms with Crippen molar-refractivity contribution in [2.45, 2.75) is 5.75 Å². The normalized spacial score (nSPS) is 10.3. The van der Waals surface area contributed by atoms with E-state index in [1.807, 2.05) is 6.07 Å². The van der Waals surface area contributed by atoms with Crippen molar-refractivity contribution >= 4 is 17.7 Å². The second-order valence-corrected chi connectivity index (χ2v) is 5.79. The third-order valence-corrected chi connectivity index (χ3v) is 4.05. The summed E-state index contributed by atoms with van der Waals surface area (Å²) in [5.74, 6) is 1.54. The number of hydrogen-bond donors (Lipinski definition) is 0. The average molecular weight is 285 g/mol. The Morgan fingerprint density at radius 3 is 2.35 bits per heavy atom. The van der Waals surface area contributed by atoms with Crippen LogP contribution in [0.25, 0.3) is 11.1 Å². The molecule has 0 saturated heterocycles. The van der Waals surface area contributed by atoms with Gasteiger partial charge >= 0.3 is 0 Å². The van der Waals surface area contributed by atoms with Gasteiger partial charge in [-0.3, -0.25) is 4.79 Å². The first-order chi connectivity index (χ1) is 9.68. The van der Waals surface area contributed by atoms with Crippen molar-refractivity contribution in [3.05, 3.63) is 60.2 Å². The molecule has 0 aliphatic heterocycles. The van der Waals surface area contributed by atoms with E-state index in [0.29, 0.717) is 5.75 Å². The minimum Gasteiger partial charge on any atom is -0.348 e. The lowest BCUT2D eigenvalue weighted by atomic mass is 10.0. The number of rotatable bonds is 5. The maximum atomic E-state index is 11.6. The zero-order valence-corrected chi connectivity index (χ0v) is 12.7. The molecule has 0 aromatic heterocycles. The molecule has 0 atom stereocenters. The zero-order valence-electron chi connectivity index (χ0n) is 11.9. The van der Waals surface area contributed by atoms with Crippen LogP contribution in [-0.2, 0) is 10.5 Å². The van der Waals surface area contributed by atoms with Crippen LogP contribution in [0.4, 0.5) is 0 Å². The topological polar surface area (TPSA) is 20.3 Å². The number of nitrogens with zero attached hydrogens (tertiary/aromatic N) is 1. The van der Waals surface area contributed by atoms with E-state index in [4.69, 9.17) is 0 Å². The molecule has 0 bridgehead atoms. The van der Waals surface area contributed by atoms with E-state index >= 15 is 0 Å². The molecule has 0 radical (unpaired) electrons. The van der Waals surface area contributed by atoms with Crippen LogP contribution in [0, 0.1) is 0 Å². The van der Waals surface area contributed by atoms with Gasteiger partial charge in [0, 0.05) is 19.8 Å². The molecule has 20 heavy (non-hydrogen) atoms. The summed E-state index contributed by atoms with van der Waals surface area (Å²) >= 11 is 1.66. The summed E-state index contributed by atoms with van der Waals surface area (Å²) in [7, 11) is 3.58. The van der Waals surface area contributed by atoms with Crippen LogP contribution in [0.15, 0.2) is 54.6 Å². The fourth-order valence-electron chi connectivity index (χ4n) is 1.92. The molecule has 0 heterocycles. The van der Waals surface area contributed by atoms with E-state index in [-0.39, 0.29) is 5.91 Å². The minimum atomic E-state index is 0.159. The number of amides is 1. The van der Waals surface area contributed by atoms with Crippen molar-refractivity contribution in [1.29, 1.82) is 0 Å². The van der Waals surface area contributed by atoms with Gasteiger partial charge in [-0.05, 0) is 16.7 Å². The number of carbonyl (C=O) groups excluding carboxylic acids is 1. The lowest BCUT2D eigenvalue weighted by molar-refractivity contribution is -0.125. The lowest BCUT2D eigenvalue weighted by Crippen LogP contribution is -2.23. The Hall–Kier alpha value is -1.74. The van der Waals surface area contributed by atoms with Gasteiger partial charge < -0.3 is 4.90 Å². The molecule has 2 aromatic rings. The van der Waals surface area contributed by atoms with Crippen LogP contribution < -0.4 is 0 Å². The predicted molar refractivity (Wildman–Crippen MR) is 86.7 cm³/mol. The molecule has 0 aliphatic carbocycles. The first-order valence-electron chi connectivity index (χ1n) is 6.59. The summed E-state index contributed by atoms with van der Waals surface area (Å²) in [5, 5.41) is 0. The summed E-state index contributed by atoms with van der Waals surface area (Å²) < 4.78 is 0. The fourth-order valence-corrected chi connectivity index (χ4v) is 2.93. The van der Waals surface area contributed by atoms with Crippen molar-refractivity contribution in [1.82, 2.24) is 4.90 Å². The van der Waals surface area contributed by atoms with Gasteiger partial charge in [-0.25, -0.2) is 0 Å². The monoisotopic (exact) mass is 285 g/mol. The van der Waals surface area contributed by atoms with Crippen molar-refractivity contribution in [3.8, 4) is 11.1 Å². The second-order valence-electron chi connectivity index (χ2n) is 4.80. The first kappa shape index (κ1) is 14.7. The molecule has 0 fully saturated rings. The Balaban J connectivity index is 2.08. The summed E-state index contributed by atoms with van der Waals surface area (Å²) in [6.45, 7) is 0. The van der Waals surface area contributed by atoms with Gasteiger partial charge in [0.1, 0.15) is 0 Å². The molecular formula is C17H19NOS. The van der Waals surface area contributed by atoms with Crippen LogP contribution in [0.2, 0.25) is 0 Å². The van der Waals surface area contributed by atoms with Crippen LogP contribution >= 0.6 is 11.8 Å². The van der Waals surface area contributed by atoms with Crippen LogP contribution in [0.3, 0.4) is 0 Å². The summed E-state index contributed by atoms with van der Waals surface area (Å²) in [4.78, 5) is 13.2. The lowest BCUT2D eigenvalue weighted by Gasteiger charge is -2.11. The van der Waals surface area contributed by atoms with Gasteiger partial charge in [-0.2, -0.15) is 0 Å². The van der Waals surface area contributed by atoms with Crippen LogP contribution in [0.1, 0.15) is 5.56 Å².